The van der Waals surface area contributed by atoms with E-state index in [2.05, 4.69) is 42.5 Å². The third kappa shape index (κ3) is 3.06. The Balaban J connectivity index is 1.96. The minimum absolute atomic E-state index is 0.438. The molecule has 0 bridgehead atoms. The van der Waals surface area contributed by atoms with Crippen molar-refractivity contribution in [2.24, 2.45) is 0 Å². The van der Waals surface area contributed by atoms with E-state index in [-0.39, 0.29) is 0 Å². The molecule has 19 heavy (non-hydrogen) atoms. The summed E-state index contributed by atoms with van der Waals surface area (Å²) in [6.45, 7) is 2.79. The second-order valence-corrected chi connectivity index (χ2v) is 8.75. The van der Waals surface area contributed by atoms with Crippen molar-refractivity contribution in [2.45, 2.75) is 17.6 Å². The minimum atomic E-state index is 0.438. The molecule has 0 spiro atoms. The Morgan fingerprint density at radius 2 is 1.79 bits per heavy atom. The van der Waals surface area contributed by atoms with Crippen molar-refractivity contribution >= 4 is 38.8 Å². The van der Waals surface area contributed by atoms with Crippen LogP contribution < -0.4 is 13.7 Å². The fourth-order valence-corrected chi connectivity index (χ4v) is 7.44. The SMILES string of the molecule is CCOc1ccc2c(c1)C[Se]Cc1ccccc1[Se]2. The zero-order valence-electron chi connectivity index (χ0n) is 10.9. The van der Waals surface area contributed by atoms with E-state index in [9.17, 15) is 0 Å². The van der Waals surface area contributed by atoms with E-state index < -0.39 is 0 Å². The summed E-state index contributed by atoms with van der Waals surface area (Å²) in [7, 11) is 0. The Morgan fingerprint density at radius 1 is 1.00 bits per heavy atom. The molecule has 0 atom stereocenters. The van der Waals surface area contributed by atoms with Crippen molar-refractivity contribution in [2.75, 3.05) is 6.61 Å². The van der Waals surface area contributed by atoms with Crippen LogP contribution in [0.5, 0.6) is 5.75 Å². The molecule has 98 valence electrons. The first kappa shape index (κ1) is 13.3. The van der Waals surface area contributed by atoms with Crippen LogP contribution in [0.25, 0.3) is 0 Å². The fraction of sp³-hybridized carbons (Fsp3) is 0.250. The van der Waals surface area contributed by atoms with Gasteiger partial charge in [-0.15, -0.1) is 0 Å². The van der Waals surface area contributed by atoms with Crippen molar-refractivity contribution in [3.8, 4) is 5.75 Å². The van der Waals surface area contributed by atoms with Gasteiger partial charge in [0.2, 0.25) is 0 Å². The molecule has 0 N–H and O–H groups in total. The van der Waals surface area contributed by atoms with Gasteiger partial charge in [-0.1, -0.05) is 0 Å². The summed E-state index contributed by atoms with van der Waals surface area (Å²) in [5.74, 6) is 1.03. The molecule has 0 aromatic heterocycles. The first-order valence-corrected chi connectivity index (χ1v) is 10.6. The molecule has 0 radical (unpaired) electrons. The van der Waals surface area contributed by atoms with Gasteiger partial charge in [-0.2, -0.15) is 0 Å². The molecule has 0 saturated carbocycles. The van der Waals surface area contributed by atoms with E-state index in [1.54, 1.807) is 10.0 Å². The topological polar surface area (TPSA) is 9.23 Å². The van der Waals surface area contributed by atoms with Gasteiger partial charge >= 0.3 is 127 Å². The van der Waals surface area contributed by atoms with Crippen molar-refractivity contribution in [1.29, 1.82) is 0 Å². The van der Waals surface area contributed by atoms with Gasteiger partial charge in [-0.25, -0.2) is 0 Å². The zero-order chi connectivity index (χ0) is 13.1. The van der Waals surface area contributed by atoms with Gasteiger partial charge in [-0.05, 0) is 0 Å². The molecule has 1 aliphatic rings. The van der Waals surface area contributed by atoms with Crippen molar-refractivity contribution < 1.29 is 4.74 Å². The van der Waals surface area contributed by atoms with Crippen LogP contribution in [0.2, 0.25) is 0 Å². The summed E-state index contributed by atoms with van der Waals surface area (Å²) in [4.78, 5) is 0. The summed E-state index contributed by atoms with van der Waals surface area (Å²) in [6.07, 6.45) is 0. The van der Waals surface area contributed by atoms with Gasteiger partial charge < -0.3 is 0 Å². The maximum absolute atomic E-state index is 5.63. The van der Waals surface area contributed by atoms with Gasteiger partial charge in [0.1, 0.15) is 0 Å². The molecule has 0 amide bonds. The Hall–Kier alpha value is -0.721. The van der Waals surface area contributed by atoms with Crippen molar-refractivity contribution in [3.63, 3.8) is 0 Å². The molecular formula is C16H16OSe2. The monoisotopic (exact) mass is 384 g/mol. The van der Waals surface area contributed by atoms with E-state index in [0.29, 0.717) is 29.9 Å². The molecule has 3 rings (SSSR count). The summed E-state index contributed by atoms with van der Waals surface area (Å²) in [5.41, 5.74) is 3.09. The molecular weight excluding hydrogens is 366 g/mol. The molecule has 2 aromatic rings. The van der Waals surface area contributed by atoms with Gasteiger partial charge in [0.15, 0.2) is 0 Å². The van der Waals surface area contributed by atoms with E-state index >= 15 is 0 Å². The second-order valence-electron chi connectivity index (χ2n) is 4.41. The average molecular weight is 382 g/mol. The van der Waals surface area contributed by atoms with E-state index in [1.807, 2.05) is 6.92 Å². The number of hydrogen-bond acceptors (Lipinski definition) is 1. The number of fused-ring (bicyclic) bond motifs is 2. The number of hydrogen-bond donors (Lipinski definition) is 0. The molecule has 0 saturated heterocycles. The molecule has 2 aromatic carbocycles. The molecule has 1 aliphatic heterocycles. The molecule has 1 nitrogen and oxygen atoms in total. The number of benzene rings is 2. The van der Waals surface area contributed by atoms with Crippen LogP contribution in [0.4, 0.5) is 0 Å². The van der Waals surface area contributed by atoms with Gasteiger partial charge in [0.25, 0.3) is 0 Å². The first-order chi connectivity index (χ1) is 9.36. The van der Waals surface area contributed by atoms with Crippen molar-refractivity contribution in [1.82, 2.24) is 0 Å². The Morgan fingerprint density at radius 3 is 2.68 bits per heavy atom. The average Bonchev–Trinajstić information content (AvgIpc) is 2.40. The molecule has 1 heterocycles. The van der Waals surface area contributed by atoms with E-state index in [0.717, 1.165) is 12.4 Å². The van der Waals surface area contributed by atoms with E-state index in [1.165, 1.54) is 20.7 Å². The van der Waals surface area contributed by atoms with Crippen LogP contribution >= 0.6 is 0 Å². The van der Waals surface area contributed by atoms with Crippen molar-refractivity contribution in [3.05, 3.63) is 53.6 Å². The Labute approximate surface area is 127 Å². The summed E-state index contributed by atoms with van der Waals surface area (Å²) in [6, 6.07) is 15.6. The normalized spacial score (nSPS) is 13.9. The standard InChI is InChI=1S/C16H16OSe2/c1-2-17-14-7-8-16-13(9-14)11-18-10-12-5-3-4-6-15(12)19-16/h3-9H,2,10-11H2,1H3. The zero-order valence-corrected chi connectivity index (χ0v) is 14.3. The molecule has 0 fully saturated rings. The summed E-state index contributed by atoms with van der Waals surface area (Å²) >= 11 is 1.10. The summed E-state index contributed by atoms with van der Waals surface area (Å²) in [5, 5.41) is 2.50. The first-order valence-electron chi connectivity index (χ1n) is 6.46. The van der Waals surface area contributed by atoms with Crippen LogP contribution in [0.3, 0.4) is 0 Å². The predicted octanol–water partition coefficient (Wildman–Crippen LogP) is 1.46. The molecule has 0 unspecified atom stereocenters. The molecule has 3 heteroatoms. The van der Waals surface area contributed by atoms with Gasteiger partial charge in [0, 0.05) is 0 Å². The maximum atomic E-state index is 5.63. The van der Waals surface area contributed by atoms with Crippen LogP contribution in [0.1, 0.15) is 18.1 Å². The van der Waals surface area contributed by atoms with Crippen LogP contribution in [0, 0.1) is 0 Å². The predicted molar refractivity (Wildman–Crippen MR) is 82.2 cm³/mol. The molecule has 0 aliphatic carbocycles. The number of ether oxygens (including phenoxy) is 1. The third-order valence-electron chi connectivity index (χ3n) is 3.05. The van der Waals surface area contributed by atoms with Gasteiger partial charge in [-0.3, -0.25) is 0 Å². The quantitative estimate of drug-likeness (QED) is 0.715. The Kier molecular flexibility index (Phi) is 4.30. The van der Waals surface area contributed by atoms with Crippen LogP contribution in [0.15, 0.2) is 42.5 Å². The van der Waals surface area contributed by atoms with Gasteiger partial charge in [0.05, 0.1) is 0 Å². The fourth-order valence-electron chi connectivity index (χ4n) is 2.14. The summed E-state index contributed by atoms with van der Waals surface area (Å²) < 4.78 is 8.72. The Bertz CT molecular complexity index is 581. The van der Waals surface area contributed by atoms with Crippen LogP contribution in [-0.2, 0) is 10.6 Å². The third-order valence-corrected chi connectivity index (χ3v) is 7.81. The number of rotatable bonds is 2. The van der Waals surface area contributed by atoms with E-state index in [4.69, 9.17) is 4.74 Å². The van der Waals surface area contributed by atoms with Crippen LogP contribution in [-0.4, -0.2) is 36.5 Å². The second kappa shape index (κ2) is 6.15.